The van der Waals surface area contributed by atoms with Gasteiger partial charge in [0.25, 0.3) is 5.56 Å². The Morgan fingerprint density at radius 2 is 2.12 bits per heavy atom. The van der Waals surface area contributed by atoms with Crippen LogP contribution in [-0.2, 0) is 5.75 Å². The molecule has 3 aromatic heterocycles. The van der Waals surface area contributed by atoms with E-state index in [9.17, 15) is 4.79 Å². The van der Waals surface area contributed by atoms with Gasteiger partial charge < -0.3 is 10.1 Å². The molecule has 130 valence electrons. The first-order valence-corrected chi connectivity index (χ1v) is 8.65. The summed E-state index contributed by atoms with van der Waals surface area (Å²) in [5.41, 5.74) is 2.50. The van der Waals surface area contributed by atoms with Crippen molar-refractivity contribution < 1.29 is 4.74 Å². The zero-order valence-electron chi connectivity index (χ0n) is 14.0. The largest absolute Gasteiger partial charge is 0.493 e. The molecular weight excluding hydrogens is 348 g/mol. The molecule has 7 heteroatoms. The van der Waals surface area contributed by atoms with Crippen molar-refractivity contribution in [2.75, 3.05) is 12.4 Å². The van der Waals surface area contributed by atoms with Gasteiger partial charge in [0.1, 0.15) is 5.82 Å². The number of thiol groups is 1. The Morgan fingerprint density at radius 3 is 2.92 bits per heavy atom. The summed E-state index contributed by atoms with van der Waals surface area (Å²) >= 11 is 4.31. The maximum Gasteiger partial charge on any atom is 0.264 e. The third-order valence-corrected chi connectivity index (χ3v) is 4.47. The summed E-state index contributed by atoms with van der Waals surface area (Å²) in [5.74, 6) is 1.27. The number of anilines is 2. The molecule has 6 nitrogen and oxygen atoms in total. The highest BCUT2D eigenvalue weighted by molar-refractivity contribution is 7.79. The van der Waals surface area contributed by atoms with Crippen molar-refractivity contribution >= 4 is 40.7 Å². The fraction of sp³-hybridized carbons (Fsp3) is 0.105. The second kappa shape index (κ2) is 6.68. The van der Waals surface area contributed by atoms with Crippen molar-refractivity contribution in [3.8, 4) is 5.75 Å². The van der Waals surface area contributed by atoms with Crippen molar-refractivity contribution in [3.05, 3.63) is 70.8 Å². The first kappa shape index (κ1) is 16.4. The van der Waals surface area contributed by atoms with E-state index < -0.39 is 0 Å². The van der Waals surface area contributed by atoms with E-state index in [4.69, 9.17) is 4.74 Å². The number of hydrogen-bond acceptors (Lipinski definition) is 6. The number of methoxy groups -OCH3 is 1. The van der Waals surface area contributed by atoms with Gasteiger partial charge in [0, 0.05) is 29.2 Å². The van der Waals surface area contributed by atoms with Crippen LogP contribution in [0.2, 0.25) is 0 Å². The minimum Gasteiger partial charge on any atom is -0.493 e. The van der Waals surface area contributed by atoms with Gasteiger partial charge in [-0.05, 0) is 36.4 Å². The lowest BCUT2D eigenvalue weighted by Crippen LogP contribution is -2.21. The van der Waals surface area contributed by atoms with Crippen LogP contribution in [0.4, 0.5) is 11.5 Å². The van der Waals surface area contributed by atoms with Gasteiger partial charge in [-0.3, -0.25) is 14.2 Å². The number of aromatic nitrogens is 3. The number of ether oxygens (including phenoxy) is 1. The first-order chi connectivity index (χ1) is 12.7. The summed E-state index contributed by atoms with van der Waals surface area (Å²) in [6, 6.07) is 13.2. The molecule has 0 saturated carbocycles. The van der Waals surface area contributed by atoms with Crippen molar-refractivity contribution in [1.82, 2.24) is 14.4 Å². The third kappa shape index (κ3) is 2.76. The number of hydrogen-bond donors (Lipinski definition) is 2. The van der Waals surface area contributed by atoms with Crippen molar-refractivity contribution in [1.29, 1.82) is 0 Å². The molecule has 1 aromatic carbocycles. The maximum atomic E-state index is 12.8. The first-order valence-electron chi connectivity index (χ1n) is 8.02. The number of fused-ring (bicyclic) bond motifs is 2. The lowest BCUT2D eigenvalue weighted by Gasteiger charge is -2.13. The van der Waals surface area contributed by atoms with E-state index in [2.05, 4.69) is 27.9 Å². The van der Waals surface area contributed by atoms with Crippen molar-refractivity contribution in [2.24, 2.45) is 0 Å². The fourth-order valence-corrected chi connectivity index (χ4v) is 3.15. The molecule has 0 radical (unpaired) electrons. The van der Waals surface area contributed by atoms with Gasteiger partial charge in [0.15, 0.2) is 11.4 Å². The maximum absolute atomic E-state index is 12.8. The number of rotatable bonds is 4. The molecule has 0 atom stereocenters. The second-order valence-corrected chi connectivity index (χ2v) is 6.02. The number of pyridine rings is 2. The van der Waals surface area contributed by atoms with Crippen LogP contribution in [0.15, 0.2) is 59.7 Å². The number of nitrogens with zero attached hydrogens (tertiary/aromatic N) is 3. The standard InChI is InChI=1S/C19H16N4O2S/c1-25-16-5-3-9-23-18(16)22-17(14(11-26)19(23)24)21-13-6-7-15-12(10-13)4-2-8-20-15/h2-10,21,26H,11H2,1H3. The van der Waals surface area contributed by atoms with Crippen LogP contribution in [0.5, 0.6) is 5.75 Å². The van der Waals surface area contributed by atoms with E-state index in [1.165, 1.54) is 4.40 Å². The van der Waals surface area contributed by atoms with E-state index in [1.807, 2.05) is 30.3 Å². The highest BCUT2D eigenvalue weighted by Crippen LogP contribution is 2.24. The molecule has 0 unspecified atom stereocenters. The zero-order valence-corrected chi connectivity index (χ0v) is 14.9. The average Bonchev–Trinajstić information content (AvgIpc) is 2.68. The van der Waals surface area contributed by atoms with Gasteiger partial charge in [-0.15, -0.1) is 0 Å². The average molecular weight is 364 g/mol. The number of benzene rings is 1. The van der Waals surface area contributed by atoms with Crippen molar-refractivity contribution in [3.63, 3.8) is 0 Å². The SMILES string of the molecule is COc1cccn2c(=O)c(CS)c(Nc3ccc4ncccc4c3)nc12. The van der Waals surface area contributed by atoms with E-state index in [0.29, 0.717) is 22.8 Å². The Kier molecular flexibility index (Phi) is 4.22. The molecule has 0 aliphatic rings. The molecule has 1 N–H and O–H groups in total. The lowest BCUT2D eigenvalue weighted by molar-refractivity contribution is 0.416. The van der Waals surface area contributed by atoms with Gasteiger partial charge in [0.05, 0.1) is 18.2 Å². The molecule has 0 aliphatic heterocycles. The molecule has 4 rings (SSSR count). The Hall–Kier alpha value is -3.06. The summed E-state index contributed by atoms with van der Waals surface area (Å²) in [7, 11) is 1.55. The summed E-state index contributed by atoms with van der Waals surface area (Å²) < 4.78 is 6.81. The minimum absolute atomic E-state index is 0.172. The highest BCUT2D eigenvalue weighted by Gasteiger charge is 2.14. The summed E-state index contributed by atoms with van der Waals surface area (Å²) in [4.78, 5) is 21.8. The van der Waals surface area contributed by atoms with Gasteiger partial charge in [-0.1, -0.05) is 6.07 Å². The molecule has 0 amide bonds. The second-order valence-electron chi connectivity index (χ2n) is 5.71. The summed E-state index contributed by atoms with van der Waals surface area (Å²) in [5, 5.41) is 4.24. The smallest absolute Gasteiger partial charge is 0.264 e. The van der Waals surface area contributed by atoms with E-state index in [-0.39, 0.29) is 11.3 Å². The van der Waals surface area contributed by atoms with Gasteiger partial charge >= 0.3 is 0 Å². The normalized spacial score (nSPS) is 11.0. The molecule has 3 heterocycles. The third-order valence-electron chi connectivity index (χ3n) is 4.16. The molecule has 0 bridgehead atoms. The predicted molar refractivity (Wildman–Crippen MR) is 106 cm³/mol. The van der Waals surface area contributed by atoms with E-state index in [0.717, 1.165) is 16.6 Å². The van der Waals surface area contributed by atoms with Gasteiger partial charge in [-0.2, -0.15) is 12.6 Å². The Bertz CT molecular complexity index is 1170. The molecule has 0 fully saturated rings. The van der Waals surface area contributed by atoms with Crippen LogP contribution in [0, 0.1) is 0 Å². The number of nitrogens with one attached hydrogen (secondary N) is 1. The Balaban J connectivity index is 1.87. The van der Waals surface area contributed by atoms with Crippen molar-refractivity contribution in [2.45, 2.75) is 5.75 Å². The van der Waals surface area contributed by atoms with Crippen LogP contribution in [-0.4, -0.2) is 21.5 Å². The fourth-order valence-electron chi connectivity index (χ4n) is 2.87. The zero-order chi connectivity index (χ0) is 18.1. The predicted octanol–water partition coefficient (Wildman–Crippen LogP) is 3.42. The van der Waals surface area contributed by atoms with Crippen LogP contribution >= 0.6 is 12.6 Å². The molecule has 4 aromatic rings. The monoisotopic (exact) mass is 364 g/mol. The quantitative estimate of drug-likeness (QED) is 0.543. The van der Waals surface area contributed by atoms with Gasteiger partial charge in [0.2, 0.25) is 0 Å². The van der Waals surface area contributed by atoms with Crippen LogP contribution in [0.1, 0.15) is 5.56 Å². The van der Waals surface area contributed by atoms with Crippen LogP contribution in [0.3, 0.4) is 0 Å². The van der Waals surface area contributed by atoms with Crippen LogP contribution < -0.4 is 15.6 Å². The Morgan fingerprint density at radius 1 is 1.23 bits per heavy atom. The van der Waals surface area contributed by atoms with E-state index >= 15 is 0 Å². The molecule has 0 saturated heterocycles. The summed E-state index contributed by atoms with van der Waals surface area (Å²) in [6.45, 7) is 0. The van der Waals surface area contributed by atoms with Gasteiger partial charge in [-0.25, -0.2) is 4.98 Å². The van der Waals surface area contributed by atoms with Crippen LogP contribution in [0.25, 0.3) is 16.6 Å². The minimum atomic E-state index is -0.172. The molecule has 0 aliphatic carbocycles. The molecule has 26 heavy (non-hydrogen) atoms. The Labute approximate surface area is 154 Å². The molecular formula is C19H16N4O2S. The lowest BCUT2D eigenvalue weighted by atomic mass is 10.2. The van der Waals surface area contributed by atoms with E-state index in [1.54, 1.807) is 31.6 Å². The topological polar surface area (TPSA) is 68.5 Å². The highest BCUT2D eigenvalue weighted by atomic mass is 32.1. The molecule has 0 spiro atoms. The summed E-state index contributed by atoms with van der Waals surface area (Å²) in [6.07, 6.45) is 3.43.